The molecule has 2 N–H and O–H groups in total. The van der Waals surface area contributed by atoms with Crippen LogP contribution < -0.4 is 5.73 Å². The van der Waals surface area contributed by atoms with Gasteiger partial charge in [-0.3, -0.25) is 0 Å². The van der Waals surface area contributed by atoms with Crippen LogP contribution in [0.2, 0.25) is 0 Å². The first-order chi connectivity index (χ1) is 8.82. The number of nitrogens with two attached hydrogens (primary N) is 1. The van der Waals surface area contributed by atoms with E-state index in [0.29, 0.717) is 11.3 Å². The summed E-state index contributed by atoms with van der Waals surface area (Å²) in [5.41, 5.74) is 5.89. The molecule has 2 rings (SSSR count). The Kier molecular flexibility index (Phi) is 3.36. The Labute approximate surface area is 108 Å². The zero-order valence-corrected chi connectivity index (χ0v) is 10.6. The lowest BCUT2D eigenvalue weighted by molar-refractivity contribution is -0.143. The molecular formula is C13H14F3N3. The first kappa shape index (κ1) is 13.6. The Morgan fingerprint density at radius 1 is 1.26 bits per heavy atom. The van der Waals surface area contributed by atoms with Gasteiger partial charge >= 0.3 is 6.18 Å². The summed E-state index contributed by atoms with van der Waals surface area (Å²) in [5, 5.41) is 3.85. The van der Waals surface area contributed by atoms with Crippen molar-refractivity contribution >= 4 is 0 Å². The van der Waals surface area contributed by atoms with Gasteiger partial charge in [0.15, 0.2) is 5.69 Å². The van der Waals surface area contributed by atoms with Crippen LogP contribution in [0.15, 0.2) is 30.5 Å². The maximum absolute atomic E-state index is 13.2. The van der Waals surface area contributed by atoms with Gasteiger partial charge in [0.1, 0.15) is 0 Å². The molecule has 0 fully saturated rings. The molecule has 0 saturated heterocycles. The molecule has 0 aliphatic rings. The van der Waals surface area contributed by atoms with Crippen molar-refractivity contribution in [2.45, 2.75) is 26.1 Å². The van der Waals surface area contributed by atoms with E-state index in [1.807, 2.05) is 0 Å². The van der Waals surface area contributed by atoms with Gasteiger partial charge in [0.05, 0.1) is 11.9 Å². The minimum absolute atomic E-state index is 0.00393. The molecule has 1 heterocycles. The summed E-state index contributed by atoms with van der Waals surface area (Å²) >= 11 is 0. The molecule has 0 aliphatic carbocycles. The van der Waals surface area contributed by atoms with Gasteiger partial charge in [0.25, 0.3) is 0 Å². The molecule has 1 aromatic carbocycles. The van der Waals surface area contributed by atoms with Crippen molar-refractivity contribution in [3.8, 4) is 5.69 Å². The number of aromatic nitrogens is 2. The number of halogens is 3. The normalized spacial score (nSPS) is 13.6. The zero-order valence-electron chi connectivity index (χ0n) is 10.6. The van der Waals surface area contributed by atoms with Crippen molar-refractivity contribution in [1.82, 2.24) is 9.78 Å². The number of aryl methyl sites for hydroxylation is 1. The minimum Gasteiger partial charge on any atom is -0.324 e. The monoisotopic (exact) mass is 269 g/mol. The molecule has 19 heavy (non-hydrogen) atoms. The molecule has 0 aliphatic heterocycles. The highest BCUT2D eigenvalue weighted by Gasteiger charge is 2.39. The smallest absolute Gasteiger partial charge is 0.324 e. The SMILES string of the molecule is Cc1ccccc1-n1ncc(C(C)N)c1C(F)(F)F. The van der Waals surface area contributed by atoms with Crippen LogP contribution in [0.1, 0.15) is 29.8 Å². The number of benzene rings is 1. The Balaban J connectivity index is 2.69. The summed E-state index contributed by atoms with van der Waals surface area (Å²) in [7, 11) is 0. The van der Waals surface area contributed by atoms with Gasteiger partial charge in [-0.25, -0.2) is 4.68 Å². The van der Waals surface area contributed by atoms with Crippen molar-refractivity contribution in [1.29, 1.82) is 0 Å². The second-order valence-electron chi connectivity index (χ2n) is 4.43. The number of alkyl halides is 3. The molecule has 1 atom stereocenters. The highest BCUT2D eigenvalue weighted by molar-refractivity contribution is 5.43. The van der Waals surface area contributed by atoms with Gasteiger partial charge in [-0.05, 0) is 25.5 Å². The van der Waals surface area contributed by atoms with E-state index in [1.54, 1.807) is 31.2 Å². The van der Waals surface area contributed by atoms with Crippen LogP contribution in [0.25, 0.3) is 5.69 Å². The molecule has 1 unspecified atom stereocenters. The van der Waals surface area contributed by atoms with Crippen LogP contribution in [0.4, 0.5) is 13.2 Å². The second kappa shape index (κ2) is 4.70. The lowest BCUT2D eigenvalue weighted by atomic mass is 10.1. The fourth-order valence-electron chi connectivity index (χ4n) is 1.96. The maximum atomic E-state index is 13.2. The van der Waals surface area contributed by atoms with Crippen LogP contribution in [0, 0.1) is 6.92 Å². The van der Waals surface area contributed by atoms with Gasteiger partial charge < -0.3 is 5.73 Å². The first-order valence-corrected chi connectivity index (χ1v) is 5.79. The highest BCUT2D eigenvalue weighted by Crippen LogP contribution is 2.35. The minimum atomic E-state index is -4.50. The predicted molar refractivity (Wildman–Crippen MR) is 65.9 cm³/mol. The molecule has 6 heteroatoms. The van der Waals surface area contributed by atoms with Gasteiger partial charge in [0, 0.05) is 11.6 Å². The summed E-state index contributed by atoms with van der Waals surface area (Å²) < 4.78 is 40.5. The highest BCUT2D eigenvalue weighted by atomic mass is 19.4. The van der Waals surface area contributed by atoms with E-state index in [4.69, 9.17) is 5.73 Å². The second-order valence-corrected chi connectivity index (χ2v) is 4.43. The van der Waals surface area contributed by atoms with Crippen LogP contribution in [-0.4, -0.2) is 9.78 Å². The molecule has 1 aromatic heterocycles. The predicted octanol–water partition coefficient (Wildman–Crippen LogP) is 3.22. The molecule has 0 spiro atoms. The van der Waals surface area contributed by atoms with Gasteiger partial charge in [-0.2, -0.15) is 18.3 Å². The number of hydrogen-bond acceptors (Lipinski definition) is 2. The Hall–Kier alpha value is -1.82. The topological polar surface area (TPSA) is 43.8 Å². The summed E-state index contributed by atoms with van der Waals surface area (Å²) in [6.45, 7) is 3.25. The Bertz CT molecular complexity index is 585. The maximum Gasteiger partial charge on any atom is 0.433 e. The summed E-state index contributed by atoms with van der Waals surface area (Å²) in [4.78, 5) is 0. The standard InChI is InChI=1S/C13H14F3N3/c1-8-5-3-4-6-11(8)19-12(13(14,15)16)10(7-18-19)9(2)17/h3-7,9H,17H2,1-2H3. The van der Waals surface area contributed by atoms with E-state index < -0.39 is 17.9 Å². The van der Waals surface area contributed by atoms with Crippen LogP contribution >= 0.6 is 0 Å². The summed E-state index contributed by atoms with van der Waals surface area (Å²) in [6.07, 6.45) is -3.32. The first-order valence-electron chi connectivity index (χ1n) is 5.79. The third-order valence-electron chi connectivity index (χ3n) is 2.90. The molecule has 102 valence electrons. The third kappa shape index (κ3) is 2.49. The van der Waals surface area contributed by atoms with Crippen molar-refractivity contribution < 1.29 is 13.2 Å². The van der Waals surface area contributed by atoms with Gasteiger partial charge in [-0.15, -0.1) is 0 Å². The zero-order chi connectivity index (χ0) is 14.2. The van der Waals surface area contributed by atoms with Crippen LogP contribution in [0.3, 0.4) is 0 Å². The fourth-order valence-corrected chi connectivity index (χ4v) is 1.96. The molecular weight excluding hydrogens is 255 g/mol. The lowest BCUT2D eigenvalue weighted by Gasteiger charge is -2.15. The van der Waals surface area contributed by atoms with Gasteiger partial charge in [-0.1, -0.05) is 18.2 Å². The van der Waals surface area contributed by atoms with Gasteiger partial charge in [0.2, 0.25) is 0 Å². The number of para-hydroxylation sites is 1. The Morgan fingerprint density at radius 3 is 2.42 bits per heavy atom. The molecule has 0 radical (unpaired) electrons. The van der Waals surface area contributed by atoms with E-state index in [2.05, 4.69) is 5.10 Å². The van der Waals surface area contributed by atoms with Crippen molar-refractivity contribution in [3.05, 3.63) is 47.3 Å². The van der Waals surface area contributed by atoms with E-state index in [0.717, 1.165) is 4.68 Å². The van der Waals surface area contributed by atoms with E-state index in [9.17, 15) is 13.2 Å². The van der Waals surface area contributed by atoms with Crippen molar-refractivity contribution in [3.63, 3.8) is 0 Å². The average Bonchev–Trinajstić information content (AvgIpc) is 2.73. The molecule has 3 nitrogen and oxygen atoms in total. The quantitative estimate of drug-likeness (QED) is 0.909. The summed E-state index contributed by atoms with van der Waals surface area (Å²) in [6, 6.07) is 6.05. The van der Waals surface area contributed by atoms with E-state index >= 15 is 0 Å². The molecule has 0 bridgehead atoms. The number of nitrogens with zero attached hydrogens (tertiary/aromatic N) is 2. The molecule has 0 saturated carbocycles. The van der Waals surface area contributed by atoms with Crippen LogP contribution in [0.5, 0.6) is 0 Å². The average molecular weight is 269 g/mol. The largest absolute Gasteiger partial charge is 0.433 e. The van der Waals surface area contributed by atoms with E-state index in [-0.39, 0.29) is 5.56 Å². The molecule has 2 aromatic rings. The van der Waals surface area contributed by atoms with Crippen molar-refractivity contribution in [2.24, 2.45) is 5.73 Å². The Morgan fingerprint density at radius 2 is 1.89 bits per heavy atom. The number of rotatable bonds is 2. The lowest BCUT2D eigenvalue weighted by Crippen LogP contribution is -2.18. The van der Waals surface area contributed by atoms with E-state index in [1.165, 1.54) is 13.1 Å². The molecule has 0 amide bonds. The summed E-state index contributed by atoms with van der Waals surface area (Å²) in [5.74, 6) is 0. The fraction of sp³-hybridized carbons (Fsp3) is 0.308. The van der Waals surface area contributed by atoms with Crippen LogP contribution in [-0.2, 0) is 6.18 Å². The van der Waals surface area contributed by atoms with Crippen molar-refractivity contribution in [2.75, 3.05) is 0 Å². The third-order valence-corrected chi connectivity index (χ3v) is 2.90. The number of hydrogen-bond donors (Lipinski definition) is 1.